The quantitative estimate of drug-likeness (QED) is 0.772. The molecule has 2 saturated heterocycles. The Morgan fingerprint density at radius 3 is 2.72 bits per heavy atom. The smallest absolute Gasteiger partial charge is 0.411 e. The second kappa shape index (κ2) is 6.00. The fourth-order valence-corrected chi connectivity index (χ4v) is 3.71. The summed E-state index contributed by atoms with van der Waals surface area (Å²) in [7, 11) is 1.28. The van der Waals surface area contributed by atoms with Crippen LogP contribution < -0.4 is 0 Å². The van der Waals surface area contributed by atoms with Crippen LogP contribution in [-0.4, -0.2) is 54.7 Å². The molecule has 1 amide bonds. The SMILES string of the molecule is COC(=O)C1=C[C@H]2CC(=O)C(N3C(=O)OC[C@H]3c3ccccc3)[C@@H]1O2. The lowest BCUT2D eigenvalue weighted by atomic mass is 9.94. The summed E-state index contributed by atoms with van der Waals surface area (Å²) in [5.41, 5.74) is 1.15. The van der Waals surface area contributed by atoms with Gasteiger partial charge in [0.2, 0.25) is 0 Å². The minimum absolute atomic E-state index is 0.118. The lowest BCUT2D eigenvalue weighted by Gasteiger charge is -2.37. The van der Waals surface area contributed by atoms with E-state index in [0.717, 1.165) is 5.56 Å². The molecule has 4 atom stereocenters. The van der Waals surface area contributed by atoms with E-state index in [0.29, 0.717) is 0 Å². The molecular weight excluding hydrogens is 326 g/mol. The maximum absolute atomic E-state index is 12.7. The van der Waals surface area contributed by atoms with Crippen LogP contribution in [-0.2, 0) is 23.8 Å². The number of carbonyl (C=O) groups excluding carboxylic acids is 3. The highest BCUT2D eigenvalue weighted by Gasteiger charge is 2.53. The van der Waals surface area contributed by atoms with Crippen molar-refractivity contribution in [3.63, 3.8) is 0 Å². The number of cyclic esters (lactones) is 1. The van der Waals surface area contributed by atoms with Gasteiger partial charge in [-0.15, -0.1) is 0 Å². The van der Waals surface area contributed by atoms with Crippen molar-refractivity contribution < 1.29 is 28.6 Å². The van der Waals surface area contributed by atoms with Crippen molar-refractivity contribution in [1.29, 1.82) is 0 Å². The first kappa shape index (κ1) is 15.8. The summed E-state index contributed by atoms with van der Waals surface area (Å²) in [5, 5.41) is 0. The number of carbonyl (C=O) groups is 3. The van der Waals surface area contributed by atoms with Gasteiger partial charge < -0.3 is 14.2 Å². The summed E-state index contributed by atoms with van der Waals surface area (Å²) in [4.78, 5) is 38.5. The number of hydrogen-bond donors (Lipinski definition) is 0. The van der Waals surface area contributed by atoms with E-state index in [-0.39, 0.29) is 24.4 Å². The van der Waals surface area contributed by atoms with E-state index >= 15 is 0 Å². The molecule has 0 N–H and O–H groups in total. The number of Topliss-reactive ketones (excluding diaryl/α,β-unsaturated/α-hetero) is 1. The minimum atomic E-state index is -0.899. The molecule has 1 aromatic rings. The predicted octanol–water partition coefficient (Wildman–Crippen LogP) is 1.39. The molecule has 0 spiro atoms. The monoisotopic (exact) mass is 343 g/mol. The van der Waals surface area contributed by atoms with Crippen molar-refractivity contribution in [3.8, 4) is 0 Å². The van der Waals surface area contributed by atoms with Crippen molar-refractivity contribution in [2.24, 2.45) is 0 Å². The zero-order valence-electron chi connectivity index (χ0n) is 13.6. The molecule has 3 aliphatic rings. The lowest BCUT2D eigenvalue weighted by Crippen LogP contribution is -2.54. The topological polar surface area (TPSA) is 82.1 Å². The van der Waals surface area contributed by atoms with E-state index in [1.807, 2.05) is 30.3 Å². The van der Waals surface area contributed by atoms with Crippen LogP contribution >= 0.6 is 0 Å². The lowest BCUT2D eigenvalue weighted by molar-refractivity contribution is -0.143. The number of ketones is 1. The van der Waals surface area contributed by atoms with Gasteiger partial charge in [0.1, 0.15) is 18.8 Å². The molecule has 0 aliphatic carbocycles. The van der Waals surface area contributed by atoms with E-state index in [2.05, 4.69) is 0 Å². The fraction of sp³-hybridized carbons (Fsp3) is 0.389. The Morgan fingerprint density at radius 1 is 1.24 bits per heavy atom. The van der Waals surface area contributed by atoms with Gasteiger partial charge in [0.25, 0.3) is 0 Å². The van der Waals surface area contributed by atoms with Crippen LogP contribution in [0.4, 0.5) is 4.79 Å². The zero-order chi connectivity index (χ0) is 17.6. The summed E-state index contributed by atoms with van der Waals surface area (Å²) >= 11 is 0. The van der Waals surface area contributed by atoms with Crippen molar-refractivity contribution in [1.82, 2.24) is 4.90 Å². The molecule has 1 unspecified atom stereocenters. The molecule has 4 rings (SSSR count). The van der Waals surface area contributed by atoms with Gasteiger partial charge in [-0.3, -0.25) is 9.69 Å². The first-order valence-corrected chi connectivity index (χ1v) is 8.08. The number of hydrogen-bond acceptors (Lipinski definition) is 6. The van der Waals surface area contributed by atoms with Crippen molar-refractivity contribution >= 4 is 17.8 Å². The highest BCUT2D eigenvalue weighted by atomic mass is 16.6. The van der Waals surface area contributed by atoms with E-state index < -0.39 is 36.4 Å². The van der Waals surface area contributed by atoms with Gasteiger partial charge in [0, 0.05) is 6.42 Å². The van der Waals surface area contributed by atoms with Gasteiger partial charge in [0.15, 0.2) is 5.78 Å². The number of esters is 1. The number of ether oxygens (including phenoxy) is 3. The van der Waals surface area contributed by atoms with Crippen LogP contribution in [0.1, 0.15) is 18.0 Å². The van der Waals surface area contributed by atoms with E-state index in [9.17, 15) is 14.4 Å². The second-order valence-corrected chi connectivity index (χ2v) is 6.23. The summed E-state index contributed by atoms with van der Waals surface area (Å²) in [6.45, 7) is 0.153. The number of methoxy groups -OCH3 is 1. The van der Waals surface area contributed by atoms with Crippen molar-refractivity contribution in [2.45, 2.75) is 30.7 Å². The highest BCUT2D eigenvalue weighted by Crippen LogP contribution is 2.39. The Labute approximate surface area is 144 Å². The Hall–Kier alpha value is -2.67. The maximum Gasteiger partial charge on any atom is 0.411 e. The molecule has 3 aliphatic heterocycles. The molecular formula is C18H17NO6. The molecule has 2 bridgehead atoms. The Morgan fingerprint density at radius 2 is 2.00 bits per heavy atom. The highest BCUT2D eigenvalue weighted by molar-refractivity contribution is 5.97. The number of amides is 1. The van der Waals surface area contributed by atoms with Crippen molar-refractivity contribution in [2.75, 3.05) is 13.7 Å². The van der Waals surface area contributed by atoms with Gasteiger partial charge in [-0.25, -0.2) is 9.59 Å². The predicted molar refractivity (Wildman–Crippen MR) is 84.5 cm³/mol. The molecule has 25 heavy (non-hydrogen) atoms. The second-order valence-electron chi connectivity index (χ2n) is 6.23. The molecule has 2 fully saturated rings. The summed E-state index contributed by atoms with van der Waals surface area (Å²) in [6, 6.07) is 8.05. The minimum Gasteiger partial charge on any atom is -0.466 e. The van der Waals surface area contributed by atoms with Crippen LogP contribution in [0.25, 0.3) is 0 Å². The summed E-state index contributed by atoms with van der Waals surface area (Å²) in [6.07, 6.45) is -0.113. The first-order chi connectivity index (χ1) is 12.1. The molecule has 0 aromatic heterocycles. The molecule has 0 saturated carbocycles. The van der Waals surface area contributed by atoms with Crippen LogP contribution in [0.3, 0.4) is 0 Å². The summed E-state index contributed by atoms with van der Waals surface area (Å²) in [5.74, 6) is -0.688. The van der Waals surface area contributed by atoms with E-state index in [4.69, 9.17) is 14.2 Å². The average Bonchev–Trinajstić information content (AvgIpc) is 3.17. The van der Waals surface area contributed by atoms with Crippen LogP contribution in [0.15, 0.2) is 42.0 Å². The van der Waals surface area contributed by atoms with Gasteiger partial charge in [-0.1, -0.05) is 30.3 Å². The standard InChI is InChI=1S/C18H17NO6/c1-23-17(21)12-7-11-8-14(20)15(16(12)25-11)19-13(9-24-18(19)22)10-5-3-2-4-6-10/h2-7,11,13,15-16H,8-9H2,1H3/t11-,13-,15?,16+/m0/s1. The van der Waals surface area contributed by atoms with Gasteiger partial charge in [-0.2, -0.15) is 0 Å². The molecule has 1 aromatic carbocycles. The number of nitrogens with zero attached hydrogens (tertiary/aromatic N) is 1. The van der Waals surface area contributed by atoms with Crippen LogP contribution in [0.2, 0.25) is 0 Å². The third-order valence-electron chi connectivity index (χ3n) is 4.83. The molecule has 7 heteroatoms. The molecule has 7 nitrogen and oxygen atoms in total. The normalized spacial score (nSPS) is 30.9. The summed E-state index contributed by atoms with van der Waals surface area (Å²) < 4.78 is 15.8. The van der Waals surface area contributed by atoms with Gasteiger partial charge >= 0.3 is 12.1 Å². The number of fused-ring (bicyclic) bond motifs is 2. The van der Waals surface area contributed by atoms with Gasteiger partial charge in [0.05, 0.1) is 24.8 Å². The molecule has 0 radical (unpaired) electrons. The largest absolute Gasteiger partial charge is 0.466 e. The zero-order valence-corrected chi connectivity index (χ0v) is 13.6. The van der Waals surface area contributed by atoms with Crippen LogP contribution in [0.5, 0.6) is 0 Å². The molecule has 3 heterocycles. The Bertz CT molecular complexity index is 758. The van der Waals surface area contributed by atoms with Crippen molar-refractivity contribution in [3.05, 3.63) is 47.5 Å². The number of rotatable bonds is 3. The maximum atomic E-state index is 12.7. The molecule has 130 valence electrons. The third kappa shape index (κ3) is 2.51. The Kier molecular flexibility index (Phi) is 3.80. The van der Waals surface area contributed by atoms with E-state index in [1.165, 1.54) is 12.0 Å². The third-order valence-corrected chi connectivity index (χ3v) is 4.83. The first-order valence-electron chi connectivity index (χ1n) is 8.08. The number of benzene rings is 1. The van der Waals surface area contributed by atoms with Crippen LogP contribution in [0, 0.1) is 0 Å². The fourth-order valence-electron chi connectivity index (χ4n) is 3.71. The average molecular weight is 343 g/mol. The van der Waals surface area contributed by atoms with Gasteiger partial charge in [-0.05, 0) is 11.6 Å². The van der Waals surface area contributed by atoms with E-state index in [1.54, 1.807) is 6.08 Å². The Balaban J connectivity index is 1.71.